The number of para-hydroxylation sites is 1. The van der Waals surface area contributed by atoms with Crippen molar-refractivity contribution in [2.24, 2.45) is 0 Å². The number of carbonyl (C=O) groups excluding carboxylic acids is 2. The Labute approximate surface area is 157 Å². The summed E-state index contributed by atoms with van der Waals surface area (Å²) in [5, 5.41) is -0.247. The third kappa shape index (κ3) is 4.26. The monoisotopic (exact) mass is 368 g/mol. The number of amides is 2. The van der Waals surface area contributed by atoms with Gasteiger partial charge in [0.1, 0.15) is 12.4 Å². The molecule has 0 aliphatic carbocycles. The van der Waals surface area contributed by atoms with Crippen LogP contribution in [0.3, 0.4) is 0 Å². The lowest BCUT2D eigenvalue weighted by molar-refractivity contribution is -0.121. The molecule has 5 nitrogen and oxygen atoms in total. The van der Waals surface area contributed by atoms with E-state index in [4.69, 9.17) is 4.74 Å². The second kappa shape index (κ2) is 8.10. The molecule has 2 aromatic carbocycles. The summed E-state index contributed by atoms with van der Waals surface area (Å²) < 4.78 is 5.78. The van der Waals surface area contributed by atoms with Crippen LogP contribution in [-0.2, 0) is 4.79 Å². The van der Waals surface area contributed by atoms with Gasteiger partial charge < -0.3 is 9.64 Å². The highest BCUT2D eigenvalue weighted by atomic mass is 32.2. The molecule has 1 aliphatic rings. The Kier molecular flexibility index (Phi) is 5.63. The lowest BCUT2D eigenvalue weighted by Crippen LogP contribution is -2.23. The first kappa shape index (κ1) is 18.1. The number of ether oxygens (including phenoxy) is 1. The zero-order valence-electron chi connectivity index (χ0n) is 14.7. The van der Waals surface area contributed by atoms with Gasteiger partial charge in [0.2, 0.25) is 0 Å². The Bertz CT molecular complexity index is 819. The Morgan fingerprint density at radius 1 is 1.08 bits per heavy atom. The fraction of sp³-hybridized carbons (Fsp3) is 0.200. The number of rotatable bonds is 6. The van der Waals surface area contributed by atoms with Crippen LogP contribution in [0, 0.1) is 0 Å². The molecule has 0 N–H and O–H groups in total. The Morgan fingerprint density at radius 3 is 2.38 bits per heavy atom. The van der Waals surface area contributed by atoms with E-state index in [0.717, 1.165) is 40.2 Å². The van der Waals surface area contributed by atoms with Crippen LogP contribution in [0.15, 0.2) is 59.5 Å². The topological polar surface area (TPSA) is 49.9 Å². The molecule has 0 spiro atoms. The average molecular weight is 368 g/mol. The highest BCUT2D eigenvalue weighted by molar-refractivity contribution is 8.18. The minimum absolute atomic E-state index is 0.247. The van der Waals surface area contributed by atoms with E-state index in [2.05, 4.69) is 17.0 Å². The molecule has 2 amide bonds. The average Bonchev–Trinajstić information content (AvgIpc) is 2.90. The number of carbonyl (C=O) groups is 2. The van der Waals surface area contributed by atoms with Gasteiger partial charge in [0.05, 0.1) is 11.4 Å². The minimum atomic E-state index is -0.260. The lowest BCUT2D eigenvalue weighted by atomic mass is 10.2. The van der Waals surface area contributed by atoms with Crippen LogP contribution in [0.2, 0.25) is 0 Å². The van der Waals surface area contributed by atoms with Crippen molar-refractivity contribution in [3.8, 4) is 5.75 Å². The molecule has 134 valence electrons. The van der Waals surface area contributed by atoms with E-state index in [0.29, 0.717) is 11.5 Å². The van der Waals surface area contributed by atoms with Crippen molar-refractivity contribution in [2.45, 2.75) is 0 Å². The first-order valence-electron chi connectivity index (χ1n) is 8.25. The molecule has 3 rings (SSSR count). The maximum absolute atomic E-state index is 11.9. The van der Waals surface area contributed by atoms with Gasteiger partial charge in [-0.25, -0.2) is 0 Å². The van der Waals surface area contributed by atoms with Crippen LogP contribution in [0.5, 0.6) is 5.75 Å². The third-order valence-corrected chi connectivity index (χ3v) is 5.02. The molecule has 0 unspecified atom stereocenters. The van der Waals surface area contributed by atoms with Crippen molar-refractivity contribution in [1.29, 1.82) is 0 Å². The van der Waals surface area contributed by atoms with Crippen molar-refractivity contribution in [3.63, 3.8) is 0 Å². The van der Waals surface area contributed by atoms with Gasteiger partial charge in [0.15, 0.2) is 0 Å². The van der Waals surface area contributed by atoms with Gasteiger partial charge in [-0.1, -0.05) is 30.3 Å². The van der Waals surface area contributed by atoms with E-state index >= 15 is 0 Å². The fourth-order valence-corrected chi connectivity index (χ4v) is 3.30. The molecule has 1 aliphatic heterocycles. The van der Waals surface area contributed by atoms with Crippen LogP contribution in [0.1, 0.15) is 5.56 Å². The van der Waals surface area contributed by atoms with E-state index in [9.17, 15) is 9.59 Å². The quantitative estimate of drug-likeness (QED) is 0.725. The lowest BCUT2D eigenvalue weighted by Gasteiger charge is -2.19. The molecule has 0 atom stereocenters. The van der Waals surface area contributed by atoms with Gasteiger partial charge in [-0.05, 0) is 47.7 Å². The van der Waals surface area contributed by atoms with E-state index in [-0.39, 0.29) is 11.1 Å². The van der Waals surface area contributed by atoms with Gasteiger partial charge in [0, 0.05) is 19.8 Å². The molecule has 26 heavy (non-hydrogen) atoms. The van der Waals surface area contributed by atoms with Crippen molar-refractivity contribution < 1.29 is 14.3 Å². The zero-order chi connectivity index (χ0) is 18.5. The molecule has 2 aromatic rings. The molecule has 6 heteroatoms. The molecule has 1 saturated heterocycles. The zero-order valence-corrected chi connectivity index (χ0v) is 15.5. The molecular formula is C20H20N2O3S. The summed E-state index contributed by atoms with van der Waals surface area (Å²) in [6.45, 7) is 1.34. The first-order chi connectivity index (χ1) is 12.5. The van der Waals surface area contributed by atoms with Crippen molar-refractivity contribution in [2.75, 3.05) is 32.1 Å². The number of imide groups is 1. The van der Waals surface area contributed by atoms with Crippen LogP contribution < -0.4 is 9.64 Å². The van der Waals surface area contributed by atoms with E-state index in [1.54, 1.807) is 6.08 Å². The minimum Gasteiger partial charge on any atom is -0.492 e. The maximum Gasteiger partial charge on any atom is 0.293 e. The second-order valence-corrected chi connectivity index (χ2v) is 6.91. The van der Waals surface area contributed by atoms with E-state index in [1.807, 2.05) is 49.5 Å². The molecule has 0 radical (unpaired) electrons. The van der Waals surface area contributed by atoms with Gasteiger partial charge in [-0.15, -0.1) is 0 Å². The summed E-state index contributed by atoms with van der Waals surface area (Å²) in [6, 6.07) is 17.6. The van der Waals surface area contributed by atoms with Gasteiger partial charge in [-0.3, -0.25) is 14.5 Å². The first-order valence-corrected chi connectivity index (χ1v) is 9.07. The normalized spacial score (nSPS) is 15.6. The summed E-state index contributed by atoms with van der Waals surface area (Å²) >= 11 is 0.958. The van der Waals surface area contributed by atoms with Gasteiger partial charge >= 0.3 is 0 Å². The summed E-state index contributed by atoms with van der Waals surface area (Å²) in [7, 11) is 3.52. The number of benzene rings is 2. The van der Waals surface area contributed by atoms with Crippen LogP contribution >= 0.6 is 11.8 Å². The van der Waals surface area contributed by atoms with Crippen molar-refractivity contribution in [1.82, 2.24) is 4.90 Å². The smallest absolute Gasteiger partial charge is 0.293 e. The van der Waals surface area contributed by atoms with Gasteiger partial charge in [0.25, 0.3) is 11.1 Å². The standard InChI is InChI=1S/C20H20N2O3S/c1-21(16-6-4-3-5-7-16)12-13-25-17-10-8-15(9-11-17)14-18-19(23)22(2)20(24)26-18/h3-11,14H,12-13H2,1-2H3. The molecule has 0 saturated carbocycles. The fourth-order valence-electron chi connectivity index (χ4n) is 2.47. The molecular weight excluding hydrogens is 348 g/mol. The number of hydrogen-bond donors (Lipinski definition) is 0. The highest BCUT2D eigenvalue weighted by Crippen LogP contribution is 2.31. The Balaban J connectivity index is 1.54. The maximum atomic E-state index is 11.9. The number of thioether (sulfide) groups is 1. The number of hydrogen-bond acceptors (Lipinski definition) is 5. The Hall–Kier alpha value is -2.73. The van der Waals surface area contributed by atoms with Crippen LogP contribution in [0.25, 0.3) is 6.08 Å². The number of likely N-dealkylation sites (N-methyl/N-ethyl adjacent to an activating group) is 2. The summed E-state index contributed by atoms with van der Waals surface area (Å²) in [5.74, 6) is 0.511. The SMILES string of the molecule is CN1C(=O)SC(=Cc2ccc(OCCN(C)c3ccccc3)cc2)C1=O. The third-order valence-electron chi connectivity index (χ3n) is 4.06. The number of nitrogens with zero attached hydrogens (tertiary/aromatic N) is 2. The van der Waals surface area contributed by atoms with Crippen molar-refractivity contribution in [3.05, 3.63) is 65.1 Å². The van der Waals surface area contributed by atoms with Gasteiger partial charge in [-0.2, -0.15) is 0 Å². The summed E-state index contributed by atoms with van der Waals surface area (Å²) in [4.78, 5) is 27.1. The predicted octanol–water partition coefficient (Wildman–Crippen LogP) is 3.87. The summed E-state index contributed by atoms with van der Waals surface area (Å²) in [5.41, 5.74) is 2.01. The molecule has 0 bridgehead atoms. The molecule has 1 heterocycles. The second-order valence-electron chi connectivity index (χ2n) is 5.92. The predicted molar refractivity (Wildman–Crippen MR) is 105 cm³/mol. The summed E-state index contributed by atoms with van der Waals surface area (Å²) in [6.07, 6.45) is 1.72. The van der Waals surface area contributed by atoms with E-state index < -0.39 is 0 Å². The highest BCUT2D eigenvalue weighted by Gasteiger charge is 2.31. The van der Waals surface area contributed by atoms with Crippen LogP contribution in [-0.4, -0.2) is 43.3 Å². The van der Waals surface area contributed by atoms with Crippen LogP contribution in [0.4, 0.5) is 10.5 Å². The van der Waals surface area contributed by atoms with Crippen molar-refractivity contribution >= 4 is 34.7 Å². The molecule has 1 fully saturated rings. The molecule has 0 aromatic heterocycles. The van der Waals surface area contributed by atoms with E-state index in [1.165, 1.54) is 7.05 Å². The largest absolute Gasteiger partial charge is 0.492 e. The number of anilines is 1. The Morgan fingerprint density at radius 2 is 1.77 bits per heavy atom.